The third-order valence-electron chi connectivity index (χ3n) is 2.61. The van der Waals surface area contributed by atoms with E-state index in [0.717, 1.165) is 23.9 Å². The van der Waals surface area contributed by atoms with Gasteiger partial charge in [0.15, 0.2) is 17.7 Å². The largest absolute Gasteiger partial charge is 0.453 e. The first-order chi connectivity index (χ1) is 10.8. The lowest BCUT2D eigenvalue weighted by Gasteiger charge is -2.12. The van der Waals surface area contributed by atoms with Crippen molar-refractivity contribution in [1.29, 1.82) is 0 Å². The summed E-state index contributed by atoms with van der Waals surface area (Å²) < 4.78 is 30.6. The minimum atomic E-state index is -1.12. The first-order valence-corrected chi connectivity index (χ1v) is 7.62. The quantitative estimate of drug-likeness (QED) is 0.606. The fourth-order valence-electron chi connectivity index (χ4n) is 1.40. The van der Waals surface area contributed by atoms with E-state index in [9.17, 15) is 23.2 Å². The summed E-state index contributed by atoms with van der Waals surface area (Å²) in [5.74, 6) is -3.01. The fourth-order valence-corrected chi connectivity index (χ4v) is 2.26. The van der Waals surface area contributed by atoms with Crippen molar-refractivity contribution in [2.24, 2.45) is 0 Å². The van der Waals surface area contributed by atoms with Crippen molar-refractivity contribution < 1.29 is 27.9 Å². The van der Waals surface area contributed by atoms with Gasteiger partial charge in [-0.3, -0.25) is 14.9 Å². The fraction of sp³-hybridized carbons (Fsp3) is 0.357. The maximum absolute atomic E-state index is 13.0. The van der Waals surface area contributed by atoms with Gasteiger partial charge >= 0.3 is 12.0 Å². The van der Waals surface area contributed by atoms with Gasteiger partial charge in [0.25, 0.3) is 5.91 Å². The molecule has 0 spiro atoms. The third-order valence-corrected chi connectivity index (χ3v) is 3.60. The number of benzene rings is 1. The molecule has 1 rings (SSSR count). The number of thioether (sulfide) groups is 1. The Morgan fingerprint density at radius 3 is 2.57 bits per heavy atom. The monoisotopic (exact) mass is 346 g/mol. The molecule has 0 fully saturated rings. The lowest BCUT2D eigenvalue weighted by atomic mass is 10.3. The van der Waals surface area contributed by atoms with E-state index < -0.39 is 35.6 Å². The standard InChI is InChI=1S/C14H16F2N2O4S/c1-8(13(20)18-14(21)17-2)22-12(19)5-6-23-9-3-4-10(15)11(16)7-9/h3-4,7-8H,5-6H2,1-2H3,(H2,17,18,20,21)/t8-/m0/s1. The highest BCUT2D eigenvalue weighted by molar-refractivity contribution is 7.99. The minimum Gasteiger partial charge on any atom is -0.453 e. The molecule has 0 unspecified atom stereocenters. The number of ether oxygens (including phenoxy) is 1. The molecule has 2 N–H and O–H groups in total. The third kappa shape index (κ3) is 6.64. The van der Waals surface area contributed by atoms with Crippen LogP contribution < -0.4 is 10.6 Å². The zero-order valence-electron chi connectivity index (χ0n) is 12.5. The molecule has 0 saturated heterocycles. The van der Waals surface area contributed by atoms with Crippen LogP contribution >= 0.6 is 11.8 Å². The molecule has 0 aromatic heterocycles. The number of rotatable bonds is 6. The van der Waals surface area contributed by atoms with E-state index in [-0.39, 0.29) is 12.2 Å². The molecule has 6 nitrogen and oxygen atoms in total. The molecule has 0 aliphatic rings. The predicted octanol–water partition coefficient (Wildman–Crippen LogP) is 1.83. The second kappa shape index (κ2) is 9.09. The Labute approximate surface area is 136 Å². The maximum atomic E-state index is 13.0. The highest BCUT2D eigenvalue weighted by atomic mass is 32.2. The van der Waals surface area contributed by atoms with E-state index >= 15 is 0 Å². The Balaban J connectivity index is 2.34. The summed E-state index contributed by atoms with van der Waals surface area (Å²) >= 11 is 1.15. The van der Waals surface area contributed by atoms with Gasteiger partial charge in [0, 0.05) is 17.7 Å². The van der Waals surface area contributed by atoms with Crippen LogP contribution in [-0.2, 0) is 14.3 Å². The average Bonchev–Trinajstić information content (AvgIpc) is 2.50. The van der Waals surface area contributed by atoms with Crippen LogP contribution in [0, 0.1) is 11.6 Å². The van der Waals surface area contributed by atoms with Gasteiger partial charge in [0.2, 0.25) is 0 Å². The highest BCUT2D eigenvalue weighted by Crippen LogP contribution is 2.21. The normalized spacial score (nSPS) is 11.5. The molecule has 1 aromatic carbocycles. The Kier molecular flexibility index (Phi) is 7.46. The lowest BCUT2D eigenvalue weighted by molar-refractivity contribution is -0.154. The van der Waals surface area contributed by atoms with E-state index in [1.165, 1.54) is 20.0 Å². The zero-order valence-corrected chi connectivity index (χ0v) is 13.3. The molecule has 1 aromatic rings. The van der Waals surface area contributed by atoms with Gasteiger partial charge in [-0.05, 0) is 25.1 Å². The van der Waals surface area contributed by atoms with Crippen molar-refractivity contribution in [3.8, 4) is 0 Å². The van der Waals surface area contributed by atoms with Crippen molar-refractivity contribution in [3.05, 3.63) is 29.8 Å². The van der Waals surface area contributed by atoms with Crippen molar-refractivity contribution in [1.82, 2.24) is 10.6 Å². The van der Waals surface area contributed by atoms with E-state index in [4.69, 9.17) is 4.74 Å². The summed E-state index contributed by atoms with van der Waals surface area (Å²) in [6.45, 7) is 1.33. The molecule has 0 saturated carbocycles. The Morgan fingerprint density at radius 1 is 1.26 bits per heavy atom. The van der Waals surface area contributed by atoms with Crippen molar-refractivity contribution in [3.63, 3.8) is 0 Å². The summed E-state index contributed by atoms with van der Waals surface area (Å²) in [7, 11) is 1.34. The number of carbonyl (C=O) groups is 3. The van der Waals surface area contributed by atoms with Crippen LogP contribution in [-0.4, -0.2) is 36.8 Å². The van der Waals surface area contributed by atoms with Crippen LogP contribution in [0.2, 0.25) is 0 Å². The van der Waals surface area contributed by atoms with Gasteiger partial charge in [0.05, 0.1) is 6.42 Å². The smallest absolute Gasteiger partial charge is 0.321 e. The van der Waals surface area contributed by atoms with Crippen LogP contribution in [0.3, 0.4) is 0 Å². The second-order valence-corrected chi connectivity index (χ2v) is 5.54. The van der Waals surface area contributed by atoms with Gasteiger partial charge in [-0.1, -0.05) is 0 Å². The number of nitrogens with one attached hydrogen (secondary N) is 2. The summed E-state index contributed by atoms with van der Waals surface area (Å²) in [6, 6.07) is 2.73. The molecule has 1 atom stereocenters. The zero-order chi connectivity index (χ0) is 17.4. The highest BCUT2D eigenvalue weighted by Gasteiger charge is 2.19. The molecular weight excluding hydrogens is 330 g/mol. The molecule has 0 heterocycles. The second-order valence-electron chi connectivity index (χ2n) is 4.37. The first kappa shape index (κ1) is 18.9. The van der Waals surface area contributed by atoms with Gasteiger partial charge in [-0.15, -0.1) is 11.8 Å². The molecule has 9 heteroatoms. The molecule has 0 aliphatic heterocycles. The van der Waals surface area contributed by atoms with Crippen LogP contribution in [0.25, 0.3) is 0 Å². The molecule has 3 amide bonds. The van der Waals surface area contributed by atoms with E-state index in [1.54, 1.807) is 0 Å². The molecule has 0 bridgehead atoms. The minimum absolute atomic E-state index is 0.0265. The van der Waals surface area contributed by atoms with Crippen LogP contribution in [0.15, 0.2) is 23.1 Å². The van der Waals surface area contributed by atoms with Gasteiger partial charge in [-0.25, -0.2) is 13.6 Å². The first-order valence-electron chi connectivity index (χ1n) is 6.63. The number of hydrogen-bond acceptors (Lipinski definition) is 5. The predicted molar refractivity (Wildman–Crippen MR) is 79.9 cm³/mol. The molecule has 0 aliphatic carbocycles. The van der Waals surface area contributed by atoms with Gasteiger partial charge in [0.1, 0.15) is 0 Å². The van der Waals surface area contributed by atoms with Crippen molar-refractivity contribution in [2.75, 3.05) is 12.8 Å². The van der Waals surface area contributed by atoms with Crippen molar-refractivity contribution in [2.45, 2.75) is 24.3 Å². The Morgan fingerprint density at radius 2 is 1.96 bits per heavy atom. The van der Waals surface area contributed by atoms with E-state index in [2.05, 4.69) is 5.32 Å². The Hall–Kier alpha value is -2.16. The molecule has 126 valence electrons. The summed E-state index contributed by atoms with van der Waals surface area (Å²) in [6.07, 6.45) is -1.14. The number of urea groups is 1. The number of esters is 1. The van der Waals surface area contributed by atoms with Gasteiger partial charge < -0.3 is 10.1 Å². The SMILES string of the molecule is CNC(=O)NC(=O)[C@H](C)OC(=O)CCSc1ccc(F)c(F)c1. The number of carbonyl (C=O) groups excluding carboxylic acids is 3. The maximum Gasteiger partial charge on any atom is 0.321 e. The number of halogens is 2. The molecule has 0 radical (unpaired) electrons. The van der Waals surface area contributed by atoms with Crippen LogP contribution in [0.5, 0.6) is 0 Å². The molecular formula is C14H16F2N2O4S. The Bertz CT molecular complexity index is 598. The summed E-state index contributed by atoms with van der Waals surface area (Å²) in [5, 5.41) is 4.17. The van der Waals surface area contributed by atoms with E-state index in [0.29, 0.717) is 4.90 Å². The average molecular weight is 346 g/mol. The van der Waals surface area contributed by atoms with Crippen molar-refractivity contribution >= 4 is 29.7 Å². The lowest BCUT2D eigenvalue weighted by Crippen LogP contribution is -2.43. The topological polar surface area (TPSA) is 84.5 Å². The summed E-state index contributed by atoms with van der Waals surface area (Å²) in [5.41, 5.74) is 0. The van der Waals surface area contributed by atoms with Crippen LogP contribution in [0.1, 0.15) is 13.3 Å². The molecule has 23 heavy (non-hydrogen) atoms. The van der Waals surface area contributed by atoms with Gasteiger partial charge in [-0.2, -0.15) is 0 Å². The van der Waals surface area contributed by atoms with Crippen LogP contribution in [0.4, 0.5) is 13.6 Å². The summed E-state index contributed by atoms with van der Waals surface area (Å²) in [4.78, 5) is 34.5. The number of hydrogen-bond donors (Lipinski definition) is 2. The van der Waals surface area contributed by atoms with E-state index in [1.807, 2.05) is 5.32 Å². The number of amides is 3. The number of imide groups is 1.